The molecule has 0 aliphatic carbocycles. The van der Waals surface area contributed by atoms with Crippen LogP contribution in [0.15, 0.2) is 0 Å². The predicted octanol–water partition coefficient (Wildman–Crippen LogP) is 1.48. The second kappa shape index (κ2) is 5.64. The Kier molecular flexibility index (Phi) is 4.74. The van der Waals surface area contributed by atoms with Crippen molar-refractivity contribution in [3.63, 3.8) is 0 Å². The van der Waals surface area contributed by atoms with Gasteiger partial charge in [-0.25, -0.2) is 0 Å². The van der Waals surface area contributed by atoms with Gasteiger partial charge in [0.1, 0.15) is 6.04 Å². The lowest BCUT2D eigenvalue weighted by Crippen LogP contribution is -2.48. The molecule has 2 atom stereocenters. The fraction of sp³-hybridized carbons (Fsp3) is 0.917. The minimum absolute atomic E-state index is 0.416. The van der Waals surface area contributed by atoms with E-state index in [-0.39, 0.29) is 0 Å². The van der Waals surface area contributed by atoms with Gasteiger partial charge < -0.3 is 10.2 Å². The van der Waals surface area contributed by atoms with E-state index in [1.54, 1.807) is 6.92 Å². The summed E-state index contributed by atoms with van der Waals surface area (Å²) in [6.07, 6.45) is 4.45. The van der Waals surface area contributed by atoms with Gasteiger partial charge in [-0.15, -0.1) is 0 Å². The van der Waals surface area contributed by atoms with Crippen LogP contribution in [-0.2, 0) is 4.79 Å². The van der Waals surface area contributed by atoms with Crippen molar-refractivity contribution in [1.29, 1.82) is 0 Å². The summed E-state index contributed by atoms with van der Waals surface area (Å²) in [5, 5.41) is 19.2. The first-order chi connectivity index (χ1) is 7.46. The highest BCUT2D eigenvalue weighted by molar-refractivity contribution is 5.73. The fourth-order valence-corrected chi connectivity index (χ4v) is 2.19. The van der Waals surface area contributed by atoms with Gasteiger partial charge in [0, 0.05) is 6.54 Å². The molecule has 94 valence electrons. The lowest BCUT2D eigenvalue weighted by atomic mass is 10.0. The topological polar surface area (TPSA) is 60.8 Å². The van der Waals surface area contributed by atoms with Crippen LogP contribution in [0.2, 0.25) is 0 Å². The number of aliphatic hydroxyl groups is 1. The van der Waals surface area contributed by atoms with Crippen molar-refractivity contribution >= 4 is 5.97 Å². The third kappa shape index (κ3) is 3.76. The minimum atomic E-state index is -0.780. The zero-order chi connectivity index (χ0) is 12.2. The van der Waals surface area contributed by atoms with Crippen molar-refractivity contribution in [2.45, 2.75) is 57.6 Å². The van der Waals surface area contributed by atoms with Gasteiger partial charge in [-0.3, -0.25) is 9.69 Å². The quantitative estimate of drug-likeness (QED) is 0.766. The normalized spacial score (nSPS) is 27.1. The van der Waals surface area contributed by atoms with Crippen LogP contribution in [0.1, 0.15) is 46.0 Å². The third-order valence-corrected chi connectivity index (χ3v) is 3.45. The van der Waals surface area contributed by atoms with Gasteiger partial charge in [0.15, 0.2) is 0 Å². The maximum Gasteiger partial charge on any atom is 0.320 e. The molecule has 0 amide bonds. The van der Waals surface area contributed by atoms with E-state index in [1.807, 2.05) is 11.8 Å². The minimum Gasteiger partial charge on any atom is -0.480 e. The first-order valence-electron chi connectivity index (χ1n) is 6.15. The van der Waals surface area contributed by atoms with Crippen LogP contribution in [-0.4, -0.2) is 45.8 Å². The van der Waals surface area contributed by atoms with Crippen LogP contribution in [0.3, 0.4) is 0 Å². The van der Waals surface area contributed by atoms with E-state index in [1.165, 1.54) is 0 Å². The average Bonchev–Trinajstić information content (AvgIpc) is 2.42. The maximum atomic E-state index is 11.2. The van der Waals surface area contributed by atoms with Crippen molar-refractivity contribution in [3.8, 4) is 0 Å². The van der Waals surface area contributed by atoms with Crippen LogP contribution < -0.4 is 0 Å². The molecule has 2 unspecified atom stereocenters. The first kappa shape index (κ1) is 13.5. The summed E-state index contributed by atoms with van der Waals surface area (Å²) in [6.45, 7) is 4.94. The maximum absolute atomic E-state index is 11.2. The summed E-state index contributed by atoms with van der Waals surface area (Å²) in [6, 6.07) is -0.416. The van der Waals surface area contributed by atoms with Crippen LogP contribution in [0, 0.1) is 0 Å². The molecule has 1 aliphatic heterocycles. The molecule has 0 aromatic rings. The molecule has 2 N–H and O–H groups in total. The average molecular weight is 229 g/mol. The summed E-state index contributed by atoms with van der Waals surface area (Å²) in [5.74, 6) is -0.756. The van der Waals surface area contributed by atoms with Gasteiger partial charge in [-0.2, -0.15) is 0 Å². The highest BCUT2D eigenvalue weighted by atomic mass is 16.4. The Morgan fingerprint density at radius 1 is 1.44 bits per heavy atom. The van der Waals surface area contributed by atoms with Crippen LogP contribution in [0.5, 0.6) is 0 Å². The van der Waals surface area contributed by atoms with Gasteiger partial charge in [0.2, 0.25) is 0 Å². The number of carboxylic acid groups (broad SMARTS) is 1. The summed E-state index contributed by atoms with van der Waals surface area (Å²) in [7, 11) is 0. The van der Waals surface area contributed by atoms with Crippen molar-refractivity contribution in [2.75, 3.05) is 13.1 Å². The second-order valence-corrected chi connectivity index (χ2v) is 5.02. The molecule has 1 aliphatic rings. The van der Waals surface area contributed by atoms with E-state index in [4.69, 9.17) is 0 Å². The van der Waals surface area contributed by atoms with Crippen LogP contribution >= 0.6 is 0 Å². The number of carboxylic acids is 1. The van der Waals surface area contributed by atoms with Crippen LogP contribution in [0.25, 0.3) is 0 Å². The second-order valence-electron chi connectivity index (χ2n) is 5.02. The van der Waals surface area contributed by atoms with E-state index >= 15 is 0 Å². The summed E-state index contributed by atoms with van der Waals surface area (Å²) < 4.78 is 0. The fourth-order valence-electron chi connectivity index (χ4n) is 2.19. The van der Waals surface area contributed by atoms with E-state index in [9.17, 15) is 15.0 Å². The number of aliphatic carboxylic acids is 1. The zero-order valence-electron chi connectivity index (χ0n) is 10.3. The lowest BCUT2D eigenvalue weighted by molar-refractivity contribution is -0.144. The molecule has 0 radical (unpaired) electrons. The Labute approximate surface area is 97.3 Å². The first-order valence-corrected chi connectivity index (χ1v) is 6.15. The molecule has 0 spiro atoms. The molecule has 1 heterocycles. The van der Waals surface area contributed by atoms with Crippen LogP contribution in [0.4, 0.5) is 0 Å². The molecule has 4 nitrogen and oxygen atoms in total. The Morgan fingerprint density at radius 2 is 2.12 bits per heavy atom. The van der Waals surface area contributed by atoms with Gasteiger partial charge >= 0.3 is 5.97 Å². The molecule has 0 aromatic carbocycles. The number of hydrogen-bond donors (Lipinski definition) is 2. The summed E-state index contributed by atoms with van der Waals surface area (Å²) in [5.41, 5.74) is -0.780. The van der Waals surface area contributed by atoms with Crippen molar-refractivity contribution < 1.29 is 15.0 Å². The molecular formula is C12H23NO3. The molecule has 0 aromatic heterocycles. The largest absolute Gasteiger partial charge is 0.480 e. The summed E-state index contributed by atoms with van der Waals surface area (Å²) in [4.78, 5) is 13.1. The monoisotopic (exact) mass is 229 g/mol. The van der Waals surface area contributed by atoms with E-state index in [0.29, 0.717) is 19.4 Å². The molecule has 0 saturated carbocycles. The van der Waals surface area contributed by atoms with Crippen molar-refractivity contribution in [1.82, 2.24) is 4.90 Å². The molecule has 1 saturated heterocycles. The summed E-state index contributed by atoms with van der Waals surface area (Å²) >= 11 is 0. The Balaban J connectivity index is 2.68. The third-order valence-electron chi connectivity index (χ3n) is 3.45. The smallest absolute Gasteiger partial charge is 0.320 e. The molecule has 1 fully saturated rings. The number of carbonyl (C=O) groups is 1. The van der Waals surface area contributed by atoms with Gasteiger partial charge in [-0.1, -0.05) is 19.8 Å². The van der Waals surface area contributed by atoms with Gasteiger partial charge in [-0.05, 0) is 32.7 Å². The highest BCUT2D eigenvalue weighted by Gasteiger charge is 2.31. The number of likely N-dealkylation sites (tertiary alicyclic amines) is 1. The number of β-amino-alcohol motifs (C(OH)–C–C–N with tert-alkyl or cyclic N) is 1. The molecule has 4 heteroatoms. The molecule has 16 heavy (non-hydrogen) atoms. The number of nitrogens with zero attached hydrogens (tertiary/aromatic N) is 1. The van der Waals surface area contributed by atoms with E-state index < -0.39 is 17.6 Å². The predicted molar refractivity (Wildman–Crippen MR) is 62.4 cm³/mol. The number of rotatable bonds is 4. The number of hydrogen-bond acceptors (Lipinski definition) is 3. The molecular weight excluding hydrogens is 206 g/mol. The van der Waals surface area contributed by atoms with E-state index in [0.717, 1.165) is 25.8 Å². The SMILES string of the molecule is CCC(C)(O)CN1CCCCCC1C(=O)O. The van der Waals surface area contributed by atoms with E-state index in [2.05, 4.69) is 0 Å². The lowest BCUT2D eigenvalue weighted by Gasteiger charge is -2.33. The zero-order valence-corrected chi connectivity index (χ0v) is 10.3. The molecule has 0 bridgehead atoms. The Morgan fingerprint density at radius 3 is 2.69 bits per heavy atom. The Bertz CT molecular complexity index is 240. The highest BCUT2D eigenvalue weighted by Crippen LogP contribution is 2.20. The molecule has 1 rings (SSSR count). The van der Waals surface area contributed by atoms with Gasteiger partial charge in [0.05, 0.1) is 5.60 Å². The Hall–Kier alpha value is -0.610. The van der Waals surface area contributed by atoms with Crippen molar-refractivity contribution in [3.05, 3.63) is 0 Å². The van der Waals surface area contributed by atoms with Crippen molar-refractivity contribution in [2.24, 2.45) is 0 Å². The standard InChI is InChI=1S/C12H23NO3/c1-3-12(2,16)9-13-8-6-4-5-7-10(13)11(14)15/h10,16H,3-9H2,1-2H3,(H,14,15). The van der Waals surface area contributed by atoms with Gasteiger partial charge in [0.25, 0.3) is 0 Å².